The van der Waals surface area contributed by atoms with E-state index in [1.54, 1.807) is 0 Å². The van der Waals surface area contributed by atoms with Crippen LogP contribution in [0.1, 0.15) is 27.2 Å². The van der Waals surface area contributed by atoms with Crippen molar-refractivity contribution >= 4 is 0 Å². The van der Waals surface area contributed by atoms with Crippen LogP contribution in [0.15, 0.2) is 13.2 Å². The first-order valence-corrected chi connectivity index (χ1v) is 2.39. The van der Waals surface area contributed by atoms with Gasteiger partial charge in [-0.15, -0.1) is 13.2 Å². The Morgan fingerprint density at radius 2 is 1.43 bits per heavy atom. The van der Waals surface area contributed by atoms with Crippen LogP contribution in [0.5, 0.6) is 0 Å². The van der Waals surface area contributed by atoms with Gasteiger partial charge < -0.3 is 0 Å². The number of hydrogen-bond acceptors (Lipinski definition) is 0. The fraction of sp³-hybridized carbons (Fsp3) is 0.714. The van der Waals surface area contributed by atoms with Crippen LogP contribution in [0.2, 0.25) is 0 Å². The molecule has 1 aliphatic rings. The largest absolute Gasteiger partial charge is 0.106 e. The van der Waals surface area contributed by atoms with Gasteiger partial charge in [-0.25, -0.2) is 0 Å². The Kier molecular flexibility index (Phi) is 8.10. The fourth-order valence-corrected chi connectivity index (χ4v) is 0.167. The summed E-state index contributed by atoms with van der Waals surface area (Å²) in [6.45, 7) is 8.28. The SMILES string of the molecule is C.C=C.CC1CC1. The van der Waals surface area contributed by atoms with Gasteiger partial charge in [0.25, 0.3) is 0 Å². The molecule has 1 aliphatic carbocycles. The molecule has 0 heteroatoms. The lowest BCUT2D eigenvalue weighted by Crippen LogP contribution is -1.42. The predicted octanol–water partition coefficient (Wildman–Crippen LogP) is 2.85. The maximum absolute atomic E-state index is 3.00. The Morgan fingerprint density at radius 3 is 1.43 bits per heavy atom. The van der Waals surface area contributed by atoms with E-state index in [0.29, 0.717) is 0 Å². The van der Waals surface area contributed by atoms with Gasteiger partial charge in [-0.3, -0.25) is 0 Å². The molecule has 0 aromatic rings. The van der Waals surface area contributed by atoms with Crippen molar-refractivity contribution in [1.29, 1.82) is 0 Å². The first-order chi connectivity index (χ1) is 2.89. The molecule has 0 saturated heterocycles. The van der Waals surface area contributed by atoms with Gasteiger partial charge in [-0.05, 0) is 5.92 Å². The molecule has 0 aliphatic heterocycles. The zero-order valence-corrected chi connectivity index (χ0v) is 4.41. The molecule has 0 bridgehead atoms. The maximum Gasteiger partial charge on any atom is -0.0443 e. The van der Waals surface area contributed by atoms with E-state index in [2.05, 4.69) is 20.1 Å². The van der Waals surface area contributed by atoms with Gasteiger partial charge in [0.15, 0.2) is 0 Å². The second-order valence-electron chi connectivity index (χ2n) is 1.68. The van der Waals surface area contributed by atoms with Crippen molar-refractivity contribution in [3.8, 4) is 0 Å². The fourth-order valence-electron chi connectivity index (χ4n) is 0.167. The average Bonchev–Trinajstić information content (AvgIpc) is 2.30. The molecule has 1 fully saturated rings. The van der Waals surface area contributed by atoms with Crippen LogP contribution in [-0.4, -0.2) is 0 Å². The highest BCUT2D eigenvalue weighted by Gasteiger charge is 2.12. The van der Waals surface area contributed by atoms with E-state index in [4.69, 9.17) is 0 Å². The van der Waals surface area contributed by atoms with E-state index in [1.165, 1.54) is 12.8 Å². The standard InChI is InChI=1S/C4H8.C2H4.CH4/c1-4-2-3-4;1-2;/h4H,2-3H2,1H3;1-2H2;1H4. The van der Waals surface area contributed by atoms with Crippen LogP contribution in [-0.2, 0) is 0 Å². The molecule has 0 N–H and O–H groups in total. The van der Waals surface area contributed by atoms with Gasteiger partial charge in [0, 0.05) is 0 Å². The van der Waals surface area contributed by atoms with E-state index in [9.17, 15) is 0 Å². The Morgan fingerprint density at radius 1 is 1.29 bits per heavy atom. The van der Waals surface area contributed by atoms with Gasteiger partial charge in [0.05, 0.1) is 0 Å². The summed E-state index contributed by atoms with van der Waals surface area (Å²) in [5.74, 6) is 1.08. The summed E-state index contributed by atoms with van der Waals surface area (Å²) in [4.78, 5) is 0. The molecule has 1 rings (SSSR count). The van der Waals surface area contributed by atoms with Crippen LogP contribution in [0.25, 0.3) is 0 Å². The van der Waals surface area contributed by atoms with E-state index in [0.717, 1.165) is 5.92 Å². The van der Waals surface area contributed by atoms with E-state index in [-0.39, 0.29) is 7.43 Å². The van der Waals surface area contributed by atoms with Crippen molar-refractivity contribution in [2.75, 3.05) is 0 Å². The maximum atomic E-state index is 3.00. The van der Waals surface area contributed by atoms with Crippen LogP contribution in [0.4, 0.5) is 0 Å². The topological polar surface area (TPSA) is 0 Å². The highest BCUT2D eigenvalue weighted by molar-refractivity contribution is 4.65. The third kappa shape index (κ3) is 10.7. The first kappa shape index (κ1) is 9.88. The van der Waals surface area contributed by atoms with Gasteiger partial charge in [-0.2, -0.15) is 0 Å². The highest BCUT2D eigenvalue weighted by Crippen LogP contribution is 2.26. The van der Waals surface area contributed by atoms with Crippen molar-refractivity contribution in [2.24, 2.45) is 5.92 Å². The van der Waals surface area contributed by atoms with Crippen molar-refractivity contribution in [3.05, 3.63) is 13.2 Å². The molecule has 7 heavy (non-hydrogen) atoms. The van der Waals surface area contributed by atoms with Crippen LogP contribution >= 0.6 is 0 Å². The second-order valence-corrected chi connectivity index (χ2v) is 1.68. The average molecular weight is 100 g/mol. The lowest BCUT2D eigenvalue weighted by Gasteiger charge is -1.53. The molecule has 0 unspecified atom stereocenters. The first-order valence-electron chi connectivity index (χ1n) is 2.39. The molecular formula is C7H16. The Bertz CT molecular complexity index is 27.0. The summed E-state index contributed by atoms with van der Waals surface area (Å²) >= 11 is 0. The summed E-state index contributed by atoms with van der Waals surface area (Å²) in [5.41, 5.74) is 0. The summed E-state index contributed by atoms with van der Waals surface area (Å²) < 4.78 is 0. The molecule has 0 nitrogen and oxygen atoms in total. The minimum Gasteiger partial charge on any atom is -0.106 e. The zero-order chi connectivity index (χ0) is 4.99. The van der Waals surface area contributed by atoms with Crippen LogP contribution in [0.3, 0.4) is 0 Å². The Labute approximate surface area is 47.2 Å². The van der Waals surface area contributed by atoms with Crippen molar-refractivity contribution in [3.63, 3.8) is 0 Å². The summed E-state index contributed by atoms with van der Waals surface area (Å²) in [6.07, 6.45) is 2.97. The van der Waals surface area contributed by atoms with Gasteiger partial charge in [0.2, 0.25) is 0 Å². The van der Waals surface area contributed by atoms with Gasteiger partial charge in [-0.1, -0.05) is 27.2 Å². The Balaban J connectivity index is 0. The minimum atomic E-state index is 0. The Hall–Kier alpha value is -0.260. The zero-order valence-electron chi connectivity index (χ0n) is 4.41. The second kappa shape index (κ2) is 5.74. The van der Waals surface area contributed by atoms with Crippen molar-refractivity contribution in [1.82, 2.24) is 0 Å². The van der Waals surface area contributed by atoms with E-state index < -0.39 is 0 Å². The molecule has 0 atom stereocenters. The molecule has 0 aromatic carbocycles. The van der Waals surface area contributed by atoms with Gasteiger partial charge in [0.1, 0.15) is 0 Å². The van der Waals surface area contributed by atoms with E-state index in [1.807, 2.05) is 0 Å². The lowest BCUT2D eigenvalue weighted by molar-refractivity contribution is 0.983. The monoisotopic (exact) mass is 100 g/mol. The molecule has 0 heterocycles. The van der Waals surface area contributed by atoms with Crippen LogP contribution < -0.4 is 0 Å². The third-order valence-electron chi connectivity index (χ3n) is 0.866. The van der Waals surface area contributed by atoms with Crippen molar-refractivity contribution in [2.45, 2.75) is 27.2 Å². The molecule has 44 valence electrons. The van der Waals surface area contributed by atoms with Crippen LogP contribution in [0, 0.1) is 5.92 Å². The summed E-state index contributed by atoms with van der Waals surface area (Å²) in [5, 5.41) is 0. The smallest absolute Gasteiger partial charge is 0.0443 e. The minimum absolute atomic E-state index is 0. The normalized spacial score (nSPS) is 15.6. The van der Waals surface area contributed by atoms with Gasteiger partial charge >= 0.3 is 0 Å². The molecule has 1 saturated carbocycles. The predicted molar refractivity (Wildman–Crippen MR) is 36.4 cm³/mol. The quantitative estimate of drug-likeness (QED) is 0.411. The molecule has 0 amide bonds. The number of hydrogen-bond donors (Lipinski definition) is 0. The highest BCUT2D eigenvalue weighted by atomic mass is 14.2. The lowest BCUT2D eigenvalue weighted by atomic mass is 10.5. The number of rotatable bonds is 0. The third-order valence-corrected chi connectivity index (χ3v) is 0.866. The molecule has 0 spiro atoms. The summed E-state index contributed by atoms with van der Waals surface area (Å²) in [6, 6.07) is 0. The molecule has 0 aromatic heterocycles. The summed E-state index contributed by atoms with van der Waals surface area (Å²) in [7, 11) is 0. The van der Waals surface area contributed by atoms with Crippen molar-refractivity contribution < 1.29 is 0 Å². The molecular weight excluding hydrogens is 84.1 g/mol. The van der Waals surface area contributed by atoms with E-state index >= 15 is 0 Å². The molecule has 0 radical (unpaired) electrons.